The third kappa shape index (κ3) is 2.93. The lowest BCUT2D eigenvalue weighted by molar-refractivity contribution is -0.112. The minimum Gasteiger partial charge on any atom is -0.318 e. The van der Waals surface area contributed by atoms with Crippen molar-refractivity contribution in [2.75, 3.05) is 18.9 Å². The third-order valence-electron chi connectivity index (χ3n) is 3.86. The number of benzene rings is 1. The molecule has 124 valence electrons. The van der Waals surface area contributed by atoms with Gasteiger partial charge in [-0.05, 0) is 42.3 Å². The fourth-order valence-corrected chi connectivity index (χ4v) is 3.62. The molecule has 1 aliphatic heterocycles. The molecule has 0 spiro atoms. The van der Waals surface area contributed by atoms with Gasteiger partial charge in [0.05, 0.1) is 16.1 Å². The Bertz CT molecular complexity index is 910. The van der Waals surface area contributed by atoms with Crippen molar-refractivity contribution in [1.29, 1.82) is 0 Å². The highest BCUT2D eigenvalue weighted by atomic mass is 32.2. The van der Waals surface area contributed by atoms with Crippen LogP contribution in [-0.4, -0.2) is 43.0 Å². The summed E-state index contributed by atoms with van der Waals surface area (Å²) in [6.45, 7) is 0.286. The number of aromatic nitrogens is 1. The average molecular weight is 345 g/mol. The molecule has 1 aromatic carbocycles. The van der Waals surface area contributed by atoms with Crippen molar-refractivity contribution in [3.05, 3.63) is 53.9 Å². The summed E-state index contributed by atoms with van der Waals surface area (Å²) in [5.74, 6) is -1.47. The molecule has 0 saturated heterocycles. The number of sulfonamides is 1. The Morgan fingerprint density at radius 2 is 1.83 bits per heavy atom. The van der Waals surface area contributed by atoms with Gasteiger partial charge < -0.3 is 5.32 Å². The number of amides is 1. The number of nitrogens with zero attached hydrogens (tertiary/aromatic N) is 2. The van der Waals surface area contributed by atoms with Gasteiger partial charge in [-0.2, -0.15) is 0 Å². The summed E-state index contributed by atoms with van der Waals surface area (Å²) >= 11 is 0. The zero-order valence-corrected chi connectivity index (χ0v) is 13.7. The van der Waals surface area contributed by atoms with Crippen LogP contribution in [0.1, 0.15) is 15.9 Å². The van der Waals surface area contributed by atoms with E-state index in [4.69, 9.17) is 0 Å². The first-order chi connectivity index (χ1) is 11.4. The van der Waals surface area contributed by atoms with Crippen LogP contribution < -0.4 is 5.32 Å². The Balaban J connectivity index is 1.80. The van der Waals surface area contributed by atoms with Gasteiger partial charge in [-0.15, -0.1) is 0 Å². The highest BCUT2D eigenvalue weighted by Crippen LogP contribution is 2.27. The molecule has 24 heavy (non-hydrogen) atoms. The van der Waals surface area contributed by atoms with Gasteiger partial charge in [-0.1, -0.05) is 0 Å². The summed E-state index contributed by atoms with van der Waals surface area (Å²) in [4.78, 5) is 27.0. The zero-order valence-electron chi connectivity index (χ0n) is 12.9. The molecular formula is C16H15N3O4S. The van der Waals surface area contributed by atoms with Crippen LogP contribution >= 0.6 is 0 Å². The normalized spacial score (nSPS) is 13.9. The molecule has 2 heterocycles. The number of ketones is 1. The minimum absolute atomic E-state index is 0.0108. The molecule has 0 unspecified atom stereocenters. The number of nitrogens with one attached hydrogen (secondary N) is 1. The molecule has 1 aromatic heterocycles. The highest BCUT2D eigenvalue weighted by molar-refractivity contribution is 7.89. The van der Waals surface area contributed by atoms with Crippen molar-refractivity contribution in [1.82, 2.24) is 9.29 Å². The zero-order chi connectivity index (χ0) is 17.3. The van der Waals surface area contributed by atoms with E-state index in [1.807, 2.05) is 12.1 Å². The van der Waals surface area contributed by atoms with Crippen molar-refractivity contribution in [2.24, 2.45) is 0 Å². The topological polar surface area (TPSA) is 96.4 Å². The number of carbonyl (C=O) groups is 2. The van der Waals surface area contributed by atoms with Crippen LogP contribution in [0.3, 0.4) is 0 Å². The second-order valence-electron chi connectivity index (χ2n) is 5.42. The number of hydrogen-bond acceptors (Lipinski definition) is 5. The molecule has 0 aliphatic carbocycles. The molecule has 2 aromatic rings. The Kier molecular flexibility index (Phi) is 4.16. The first-order valence-corrected chi connectivity index (χ1v) is 8.68. The van der Waals surface area contributed by atoms with Crippen molar-refractivity contribution in [3.63, 3.8) is 0 Å². The number of anilines is 1. The van der Waals surface area contributed by atoms with E-state index >= 15 is 0 Å². The van der Waals surface area contributed by atoms with Crippen molar-refractivity contribution in [2.45, 2.75) is 11.3 Å². The maximum atomic E-state index is 12.6. The smallest absolute Gasteiger partial charge is 0.296 e. The first kappa shape index (κ1) is 16.3. The van der Waals surface area contributed by atoms with Gasteiger partial charge in [0, 0.05) is 26.0 Å². The lowest BCUT2D eigenvalue weighted by Crippen LogP contribution is -2.29. The summed E-state index contributed by atoms with van der Waals surface area (Å²) in [7, 11) is -2.26. The highest BCUT2D eigenvalue weighted by Gasteiger charge is 2.30. The van der Waals surface area contributed by atoms with E-state index in [0.717, 1.165) is 5.56 Å². The second kappa shape index (κ2) is 6.14. The summed E-state index contributed by atoms with van der Waals surface area (Å²) in [6, 6.07) is 7.71. The van der Waals surface area contributed by atoms with Gasteiger partial charge in [0.15, 0.2) is 0 Å². The predicted molar refractivity (Wildman–Crippen MR) is 87.2 cm³/mol. The summed E-state index contributed by atoms with van der Waals surface area (Å²) in [5.41, 5.74) is 1.40. The molecule has 0 fully saturated rings. The maximum absolute atomic E-state index is 12.6. The molecule has 1 aliphatic rings. The van der Waals surface area contributed by atoms with Crippen LogP contribution in [0.5, 0.6) is 0 Å². The van der Waals surface area contributed by atoms with Gasteiger partial charge in [0.2, 0.25) is 10.0 Å². The van der Waals surface area contributed by atoms with Crippen molar-refractivity contribution < 1.29 is 18.0 Å². The fourth-order valence-electron chi connectivity index (χ4n) is 2.42. The van der Waals surface area contributed by atoms with Crippen LogP contribution in [0.15, 0.2) is 47.6 Å². The monoisotopic (exact) mass is 345 g/mol. The largest absolute Gasteiger partial charge is 0.318 e. The van der Waals surface area contributed by atoms with E-state index in [1.165, 1.54) is 29.6 Å². The second-order valence-corrected chi connectivity index (χ2v) is 7.47. The molecule has 1 N–H and O–H groups in total. The molecule has 8 heteroatoms. The molecular weight excluding hydrogens is 330 g/mol. The standard InChI is InChI=1S/C16H15N3O4S/c1-19(9-6-11-4-7-17-8-5-11)24(22,23)12-2-3-14-13(10-12)15(20)16(21)18-14/h2-5,7-8,10H,6,9H2,1H3,(H,18,20,21). The van der Waals surface area contributed by atoms with Crippen molar-refractivity contribution in [3.8, 4) is 0 Å². The number of pyridine rings is 1. The lowest BCUT2D eigenvalue weighted by Gasteiger charge is -2.17. The molecule has 0 bridgehead atoms. The predicted octanol–water partition coefficient (Wildman–Crippen LogP) is 1.08. The van der Waals surface area contributed by atoms with Gasteiger partial charge in [-0.3, -0.25) is 14.6 Å². The van der Waals surface area contributed by atoms with E-state index in [9.17, 15) is 18.0 Å². The van der Waals surface area contributed by atoms with Crippen LogP contribution in [-0.2, 0) is 21.2 Å². The summed E-state index contributed by atoms with van der Waals surface area (Å²) in [6.07, 6.45) is 3.85. The van der Waals surface area contributed by atoms with Crippen LogP contribution in [0, 0.1) is 0 Å². The van der Waals surface area contributed by atoms with E-state index in [1.54, 1.807) is 12.4 Å². The number of Topliss-reactive ketones (excluding diaryl/α,β-unsaturated/α-hetero) is 1. The Hall–Kier alpha value is -2.58. The number of fused-ring (bicyclic) bond motifs is 1. The van der Waals surface area contributed by atoms with E-state index < -0.39 is 21.7 Å². The van der Waals surface area contributed by atoms with Crippen LogP contribution in [0.2, 0.25) is 0 Å². The van der Waals surface area contributed by atoms with E-state index in [0.29, 0.717) is 12.1 Å². The molecule has 0 radical (unpaired) electrons. The minimum atomic E-state index is -3.75. The lowest BCUT2D eigenvalue weighted by atomic mass is 10.1. The SMILES string of the molecule is CN(CCc1ccncc1)S(=O)(=O)c1ccc2c(c1)C(=O)C(=O)N2. The number of rotatable bonds is 5. The van der Waals surface area contributed by atoms with Gasteiger partial charge in [0.1, 0.15) is 0 Å². The van der Waals surface area contributed by atoms with Gasteiger partial charge in [0.25, 0.3) is 11.7 Å². The van der Waals surface area contributed by atoms with E-state index in [-0.39, 0.29) is 17.0 Å². The van der Waals surface area contributed by atoms with E-state index in [2.05, 4.69) is 10.3 Å². The third-order valence-corrected chi connectivity index (χ3v) is 5.72. The Morgan fingerprint density at radius 1 is 1.12 bits per heavy atom. The van der Waals surface area contributed by atoms with Gasteiger partial charge >= 0.3 is 0 Å². The Labute approximate surface area is 139 Å². The molecule has 0 saturated carbocycles. The number of carbonyl (C=O) groups excluding carboxylic acids is 2. The molecule has 0 atom stereocenters. The van der Waals surface area contributed by atoms with Crippen LogP contribution in [0.25, 0.3) is 0 Å². The summed E-state index contributed by atoms with van der Waals surface area (Å²) < 4.78 is 26.5. The molecule has 3 rings (SSSR count). The maximum Gasteiger partial charge on any atom is 0.296 e. The summed E-state index contributed by atoms with van der Waals surface area (Å²) in [5, 5.41) is 2.40. The fraction of sp³-hybridized carbons (Fsp3) is 0.188. The van der Waals surface area contributed by atoms with Crippen molar-refractivity contribution >= 4 is 27.4 Å². The molecule has 1 amide bonds. The Morgan fingerprint density at radius 3 is 2.54 bits per heavy atom. The number of likely N-dealkylation sites (N-methyl/N-ethyl adjacent to an activating group) is 1. The average Bonchev–Trinajstić information content (AvgIpc) is 2.87. The number of hydrogen-bond donors (Lipinski definition) is 1. The quantitative estimate of drug-likeness (QED) is 0.818. The van der Waals surface area contributed by atoms with Crippen LogP contribution in [0.4, 0.5) is 5.69 Å². The van der Waals surface area contributed by atoms with Gasteiger partial charge in [-0.25, -0.2) is 12.7 Å². The molecule has 7 nitrogen and oxygen atoms in total. The first-order valence-electron chi connectivity index (χ1n) is 7.24.